The van der Waals surface area contributed by atoms with E-state index in [9.17, 15) is 15.0 Å². The van der Waals surface area contributed by atoms with E-state index in [-0.39, 0.29) is 24.1 Å². The fraction of sp³-hybridized carbons (Fsp3) is 0.630. The molecule has 1 amide bonds. The first-order valence-electron chi connectivity index (χ1n) is 13.1. The summed E-state index contributed by atoms with van der Waals surface area (Å²) < 4.78 is 11.8. The van der Waals surface area contributed by atoms with Crippen molar-refractivity contribution in [2.24, 2.45) is 5.92 Å². The van der Waals surface area contributed by atoms with Gasteiger partial charge in [0.25, 0.3) is 0 Å². The number of carbonyl (C=O) groups excluding carboxylic acids is 1. The van der Waals surface area contributed by atoms with Crippen LogP contribution in [0, 0.1) is 5.92 Å². The summed E-state index contributed by atoms with van der Waals surface area (Å²) in [6.07, 6.45) is 5.08. The third kappa shape index (κ3) is 2.99. The molecule has 2 bridgehead atoms. The highest BCUT2D eigenvalue weighted by atomic mass is 16.5. The Morgan fingerprint density at radius 2 is 2.11 bits per heavy atom. The molecule has 5 aliphatic rings. The molecular formula is C27H33N3O5. The molecule has 35 heavy (non-hydrogen) atoms. The molecule has 2 saturated heterocycles. The second-order valence-electron chi connectivity index (χ2n) is 11.3. The number of rotatable bonds is 5. The van der Waals surface area contributed by atoms with Crippen molar-refractivity contribution < 1.29 is 24.3 Å². The van der Waals surface area contributed by atoms with Crippen LogP contribution in [0.5, 0.6) is 11.5 Å². The minimum atomic E-state index is -1.02. The summed E-state index contributed by atoms with van der Waals surface area (Å²) in [5.41, 5.74) is 1.17. The van der Waals surface area contributed by atoms with E-state index in [1.165, 1.54) is 18.4 Å². The number of likely N-dealkylation sites (tertiary alicyclic amines) is 2. The minimum absolute atomic E-state index is 0.0105. The van der Waals surface area contributed by atoms with Crippen molar-refractivity contribution in [1.82, 2.24) is 15.0 Å². The number of amides is 1. The molecule has 4 atom stereocenters. The maximum Gasteiger partial charge on any atom is 0.228 e. The van der Waals surface area contributed by atoms with Crippen molar-refractivity contribution in [2.75, 3.05) is 26.2 Å². The highest BCUT2D eigenvalue weighted by Crippen LogP contribution is 2.63. The number of piperidine rings is 1. The number of phenolic OH excluding ortho intramolecular Hbond substituents is 1. The minimum Gasteiger partial charge on any atom is -0.504 e. The molecule has 8 nitrogen and oxygen atoms in total. The molecule has 1 aromatic carbocycles. The van der Waals surface area contributed by atoms with Crippen molar-refractivity contribution in [3.05, 3.63) is 40.8 Å². The lowest BCUT2D eigenvalue weighted by molar-refractivity contribution is -0.162. The molecule has 3 aliphatic heterocycles. The average Bonchev–Trinajstić information content (AvgIpc) is 3.47. The van der Waals surface area contributed by atoms with Gasteiger partial charge in [0.1, 0.15) is 11.9 Å². The van der Waals surface area contributed by atoms with E-state index in [0.717, 1.165) is 49.6 Å². The van der Waals surface area contributed by atoms with Crippen LogP contribution in [0.1, 0.15) is 55.2 Å². The van der Waals surface area contributed by atoms with Gasteiger partial charge in [0.05, 0.1) is 29.7 Å². The first-order chi connectivity index (χ1) is 16.9. The van der Waals surface area contributed by atoms with Crippen LogP contribution in [-0.4, -0.2) is 75.0 Å². The highest BCUT2D eigenvalue weighted by molar-refractivity contribution is 5.78. The van der Waals surface area contributed by atoms with E-state index in [0.29, 0.717) is 31.0 Å². The summed E-state index contributed by atoms with van der Waals surface area (Å²) in [5.74, 6) is 2.11. The SMILES string of the molecule is CCc1cc(CC(=O)N2CC[C@@]3(O)[C@H]4Cc5ccc(O)c6c5[C@@]3(CCN4CC3CC3)[C@H](C2)O6)no1. The maximum atomic E-state index is 13.4. The first kappa shape index (κ1) is 21.7. The van der Waals surface area contributed by atoms with Gasteiger partial charge >= 0.3 is 0 Å². The lowest BCUT2D eigenvalue weighted by atomic mass is 9.52. The first-order valence-corrected chi connectivity index (χ1v) is 13.1. The fourth-order valence-electron chi connectivity index (χ4n) is 7.50. The zero-order valence-electron chi connectivity index (χ0n) is 20.2. The van der Waals surface area contributed by atoms with Crippen LogP contribution in [0.25, 0.3) is 0 Å². The average molecular weight is 480 g/mol. The Morgan fingerprint density at radius 1 is 1.26 bits per heavy atom. The van der Waals surface area contributed by atoms with Crippen LogP contribution in [0.15, 0.2) is 22.7 Å². The Morgan fingerprint density at radius 3 is 2.89 bits per heavy atom. The number of ether oxygens (including phenoxy) is 1. The molecule has 7 rings (SSSR count). The summed E-state index contributed by atoms with van der Waals surface area (Å²) in [4.78, 5) is 17.8. The number of phenols is 1. The Kier molecular flexibility index (Phi) is 4.62. The van der Waals surface area contributed by atoms with Crippen LogP contribution in [0.2, 0.25) is 0 Å². The van der Waals surface area contributed by atoms with Crippen LogP contribution >= 0.6 is 0 Å². The van der Waals surface area contributed by atoms with Gasteiger partial charge in [-0.3, -0.25) is 9.69 Å². The predicted octanol–water partition coefficient (Wildman–Crippen LogP) is 2.19. The number of benzene rings is 1. The Labute approximate surface area is 204 Å². The van der Waals surface area contributed by atoms with Gasteiger partial charge < -0.3 is 24.4 Å². The Bertz CT molecular complexity index is 1190. The maximum absolute atomic E-state index is 13.4. The lowest BCUT2D eigenvalue weighted by Crippen LogP contribution is -2.74. The van der Waals surface area contributed by atoms with Crippen LogP contribution in [-0.2, 0) is 29.5 Å². The van der Waals surface area contributed by atoms with Gasteiger partial charge in [0.15, 0.2) is 11.5 Å². The van der Waals surface area contributed by atoms with Crippen LogP contribution < -0.4 is 4.74 Å². The van der Waals surface area contributed by atoms with E-state index in [2.05, 4.69) is 10.1 Å². The topological polar surface area (TPSA) is 99.3 Å². The standard InChI is InChI=1S/C27H33N3O5/c1-2-19-12-18(28-35-19)13-23(32)30-10-8-27(33)21-11-17-5-6-20(31)25-24(17)26(27,22(15-30)34-25)7-9-29(21)14-16-3-4-16/h5-6,12,16,21-22,31,33H,2-4,7-11,13-15H2,1H3/t21-,22+,26-,27-/m1/s1. The van der Waals surface area contributed by atoms with E-state index >= 15 is 0 Å². The fourth-order valence-corrected chi connectivity index (χ4v) is 7.50. The molecule has 186 valence electrons. The Balaban J connectivity index is 1.26. The number of hydrogen-bond acceptors (Lipinski definition) is 7. The number of nitrogens with zero attached hydrogens (tertiary/aromatic N) is 3. The molecule has 2 aromatic rings. The number of hydrogen-bond donors (Lipinski definition) is 2. The number of aromatic nitrogens is 1. The van der Waals surface area contributed by atoms with E-state index < -0.39 is 17.1 Å². The van der Waals surface area contributed by atoms with E-state index in [4.69, 9.17) is 9.26 Å². The van der Waals surface area contributed by atoms with Crippen molar-refractivity contribution in [1.29, 1.82) is 0 Å². The lowest BCUT2D eigenvalue weighted by Gasteiger charge is -2.60. The van der Waals surface area contributed by atoms with Crippen molar-refractivity contribution in [2.45, 2.75) is 75.0 Å². The molecule has 1 spiro atoms. The zero-order chi connectivity index (χ0) is 23.9. The molecule has 3 fully saturated rings. The molecule has 1 saturated carbocycles. The van der Waals surface area contributed by atoms with Gasteiger partial charge in [-0.2, -0.15) is 0 Å². The van der Waals surface area contributed by atoms with Crippen LogP contribution in [0.3, 0.4) is 0 Å². The number of aryl methyl sites for hydroxylation is 1. The monoisotopic (exact) mass is 479 g/mol. The highest BCUT2D eigenvalue weighted by Gasteiger charge is 2.71. The molecule has 8 heteroatoms. The Hall–Kier alpha value is -2.58. The van der Waals surface area contributed by atoms with Gasteiger partial charge in [-0.25, -0.2) is 0 Å². The van der Waals surface area contributed by atoms with E-state index in [1.54, 1.807) is 6.07 Å². The second-order valence-corrected chi connectivity index (χ2v) is 11.3. The number of carbonyl (C=O) groups is 1. The van der Waals surface area contributed by atoms with Gasteiger partial charge in [0, 0.05) is 37.2 Å². The summed E-state index contributed by atoms with van der Waals surface area (Å²) in [6, 6.07) is 5.57. The summed E-state index contributed by atoms with van der Waals surface area (Å²) in [5, 5.41) is 27.4. The molecule has 1 aromatic heterocycles. The molecule has 0 radical (unpaired) electrons. The predicted molar refractivity (Wildman–Crippen MR) is 126 cm³/mol. The zero-order valence-corrected chi connectivity index (χ0v) is 20.2. The van der Waals surface area contributed by atoms with Crippen molar-refractivity contribution in [3.63, 3.8) is 0 Å². The van der Waals surface area contributed by atoms with Crippen LogP contribution in [0.4, 0.5) is 0 Å². The normalized spacial score (nSPS) is 33.3. The second kappa shape index (κ2) is 7.46. The van der Waals surface area contributed by atoms with Gasteiger partial charge in [-0.1, -0.05) is 18.1 Å². The number of aliphatic hydroxyl groups is 1. The number of aromatic hydroxyl groups is 1. The molecule has 2 N–H and O–H groups in total. The van der Waals surface area contributed by atoms with Crippen molar-refractivity contribution in [3.8, 4) is 11.5 Å². The quantitative estimate of drug-likeness (QED) is 0.678. The largest absolute Gasteiger partial charge is 0.504 e. The molecule has 4 heterocycles. The molecule has 2 aliphatic carbocycles. The summed E-state index contributed by atoms with van der Waals surface area (Å²) >= 11 is 0. The summed E-state index contributed by atoms with van der Waals surface area (Å²) in [6.45, 7) is 4.80. The van der Waals surface area contributed by atoms with Gasteiger partial charge in [0.2, 0.25) is 5.91 Å². The van der Waals surface area contributed by atoms with Crippen molar-refractivity contribution >= 4 is 5.91 Å². The van der Waals surface area contributed by atoms with Gasteiger partial charge in [-0.05, 0) is 56.2 Å². The third-order valence-corrected chi connectivity index (χ3v) is 9.43. The summed E-state index contributed by atoms with van der Waals surface area (Å²) in [7, 11) is 0. The smallest absolute Gasteiger partial charge is 0.228 e. The molecule has 0 unspecified atom stereocenters. The van der Waals surface area contributed by atoms with Gasteiger partial charge in [-0.15, -0.1) is 0 Å². The van der Waals surface area contributed by atoms with E-state index in [1.807, 2.05) is 24.0 Å². The molecular weight excluding hydrogens is 446 g/mol. The third-order valence-electron chi connectivity index (χ3n) is 9.43.